The summed E-state index contributed by atoms with van der Waals surface area (Å²) in [5.74, 6) is 0.245. The molecule has 3 aliphatic rings. The highest BCUT2D eigenvalue weighted by molar-refractivity contribution is 6.07. The van der Waals surface area contributed by atoms with Crippen molar-refractivity contribution in [1.82, 2.24) is 9.80 Å². The first kappa shape index (κ1) is 21.8. The van der Waals surface area contributed by atoms with Crippen molar-refractivity contribution in [3.05, 3.63) is 82.1 Å². The van der Waals surface area contributed by atoms with Crippen molar-refractivity contribution in [2.75, 3.05) is 31.5 Å². The van der Waals surface area contributed by atoms with Gasteiger partial charge in [-0.1, -0.05) is 12.1 Å². The van der Waals surface area contributed by atoms with Crippen molar-refractivity contribution < 1.29 is 18.9 Å². The van der Waals surface area contributed by atoms with Gasteiger partial charge in [-0.3, -0.25) is 19.7 Å². The third-order valence-electron chi connectivity index (χ3n) is 6.51. The lowest BCUT2D eigenvalue weighted by Gasteiger charge is -2.30. The van der Waals surface area contributed by atoms with Gasteiger partial charge in [-0.05, 0) is 55.3 Å². The van der Waals surface area contributed by atoms with Crippen LogP contribution in [0.2, 0.25) is 0 Å². The van der Waals surface area contributed by atoms with E-state index in [0.717, 1.165) is 38.0 Å². The van der Waals surface area contributed by atoms with Crippen LogP contribution in [0, 0.1) is 10.1 Å². The lowest BCUT2D eigenvalue weighted by atomic mass is 10.1. The van der Waals surface area contributed by atoms with Crippen LogP contribution in [0.1, 0.15) is 33.8 Å². The Bertz CT molecular complexity index is 1230. The Morgan fingerprint density at radius 1 is 0.941 bits per heavy atom. The van der Waals surface area contributed by atoms with Gasteiger partial charge in [-0.2, -0.15) is 0 Å². The van der Waals surface area contributed by atoms with Crippen LogP contribution in [0.5, 0.6) is 0 Å². The third kappa shape index (κ3) is 4.29. The van der Waals surface area contributed by atoms with Gasteiger partial charge in [0.05, 0.1) is 4.92 Å². The minimum absolute atomic E-state index is 0.00957. The summed E-state index contributed by atoms with van der Waals surface area (Å²) in [6.07, 6.45) is 2.00. The molecule has 9 nitrogen and oxygen atoms in total. The minimum atomic E-state index is -0.581. The number of para-hydroxylation sites is 1. The number of nitro groups is 1. The molecule has 0 aliphatic carbocycles. The number of furan rings is 1. The normalized spacial score (nSPS) is 19.5. The number of nitrogens with one attached hydrogen (secondary N) is 1. The van der Waals surface area contributed by atoms with Gasteiger partial charge < -0.3 is 19.5 Å². The number of nitrogens with zero attached hydrogens (tertiary/aromatic N) is 3. The fourth-order valence-corrected chi connectivity index (χ4v) is 4.64. The molecule has 1 N–H and O–H groups in total. The van der Waals surface area contributed by atoms with Gasteiger partial charge in [0.2, 0.25) is 0 Å². The van der Waals surface area contributed by atoms with Crippen LogP contribution in [0.15, 0.2) is 65.1 Å². The number of nitro benzene ring substituents is 1. The Morgan fingerprint density at radius 3 is 2.41 bits per heavy atom. The fourth-order valence-electron chi connectivity index (χ4n) is 4.64. The van der Waals surface area contributed by atoms with Crippen molar-refractivity contribution in [3.63, 3.8) is 0 Å². The molecule has 34 heavy (non-hydrogen) atoms. The van der Waals surface area contributed by atoms with E-state index in [2.05, 4.69) is 10.2 Å². The predicted molar refractivity (Wildman–Crippen MR) is 126 cm³/mol. The molecule has 0 unspecified atom stereocenters. The van der Waals surface area contributed by atoms with Crippen molar-refractivity contribution in [3.8, 4) is 11.3 Å². The molecule has 6 rings (SSSR count). The summed E-state index contributed by atoms with van der Waals surface area (Å²) in [7, 11) is 0. The maximum absolute atomic E-state index is 13.1. The van der Waals surface area contributed by atoms with E-state index in [4.69, 9.17) is 4.42 Å². The molecule has 0 spiro atoms. The Hall–Kier alpha value is -3.98. The van der Waals surface area contributed by atoms with Crippen LogP contribution in [0.25, 0.3) is 11.3 Å². The van der Waals surface area contributed by atoms with Gasteiger partial charge in [0, 0.05) is 49.5 Å². The van der Waals surface area contributed by atoms with Crippen molar-refractivity contribution in [2.45, 2.75) is 18.9 Å². The van der Waals surface area contributed by atoms with Crippen LogP contribution in [-0.4, -0.2) is 58.8 Å². The monoisotopic (exact) mass is 460 g/mol. The van der Waals surface area contributed by atoms with Crippen LogP contribution < -0.4 is 5.32 Å². The van der Waals surface area contributed by atoms with Gasteiger partial charge in [-0.15, -0.1) is 0 Å². The van der Waals surface area contributed by atoms with Crippen LogP contribution in [-0.2, 0) is 0 Å². The highest BCUT2D eigenvalue weighted by Gasteiger charge is 2.33. The van der Waals surface area contributed by atoms with E-state index in [1.807, 2.05) is 4.90 Å². The lowest BCUT2D eigenvalue weighted by Crippen LogP contribution is -2.41. The quantitative estimate of drug-likeness (QED) is 0.455. The highest BCUT2D eigenvalue weighted by Crippen LogP contribution is 2.28. The van der Waals surface area contributed by atoms with Crippen LogP contribution in [0.3, 0.4) is 0 Å². The lowest BCUT2D eigenvalue weighted by molar-refractivity contribution is -0.385. The van der Waals surface area contributed by atoms with Crippen molar-refractivity contribution in [1.29, 1.82) is 0 Å². The molecule has 0 radical (unpaired) electrons. The van der Waals surface area contributed by atoms with Gasteiger partial charge in [0.15, 0.2) is 5.76 Å². The van der Waals surface area contributed by atoms with E-state index in [1.165, 1.54) is 18.2 Å². The second-order valence-electron chi connectivity index (χ2n) is 8.54. The second-order valence-corrected chi connectivity index (χ2v) is 8.54. The van der Waals surface area contributed by atoms with Gasteiger partial charge in [0.25, 0.3) is 17.5 Å². The molecule has 2 amide bonds. The largest absolute Gasteiger partial charge is 0.451 e. The first-order valence-electron chi connectivity index (χ1n) is 11.3. The molecule has 3 aliphatic heterocycles. The zero-order valence-electron chi connectivity index (χ0n) is 18.5. The zero-order chi connectivity index (χ0) is 23.7. The molecule has 4 heterocycles. The second kappa shape index (κ2) is 9.11. The molecule has 3 aromatic rings. The standard InChI is InChI=1S/C25H24N4O5/c30-24(20-3-1-2-4-21(20)29(32)33)26-18-7-5-17(6-8-18)22-9-10-23(34-22)25(31)28-16-15-27-13-11-19(28)12-14-27/h1-10,19H,11-16H2,(H,26,30). The first-order chi connectivity index (χ1) is 16.5. The predicted octanol–water partition coefficient (Wildman–Crippen LogP) is 4.03. The number of hydrogen-bond acceptors (Lipinski definition) is 6. The Labute approximate surface area is 196 Å². The molecule has 3 fully saturated rings. The van der Waals surface area contributed by atoms with E-state index in [0.29, 0.717) is 23.8 Å². The topological polar surface area (TPSA) is 109 Å². The SMILES string of the molecule is O=C(Nc1ccc(-c2ccc(C(=O)N3CCN4CCC3CC4)o2)cc1)c1ccccc1[N+](=O)[O-]. The van der Waals surface area contributed by atoms with Gasteiger partial charge in [0.1, 0.15) is 11.3 Å². The fraction of sp³-hybridized carbons (Fsp3) is 0.280. The number of amides is 2. The number of carbonyl (C=O) groups is 2. The van der Waals surface area contributed by atoms with E-state index >= 15 is 0 Å². The number of anilines is 1. The van der Waals surface area contributed by atoms with Crippen molar-refractivity contribution >= 4 is 23.2 Å². The summed E-state index contributed by atoms with van der Waals surface area (Å²) < 4.78 is 5.90. The maximum Gasteiger partial charge on any atom is 0.289 e. The number of piperidine rings is 1. The molecule has 3 saturated heterocycles. The molecular formula is C25H24N4O5. The number of rotatable bonds is 5. The first-order valence-corrected chi connectivity index (χ1v) is 11.3. The van der Waals surface area contributed by atoms with Gasteiger partial charge in [-0.25, -0.2) is 0 Å². The van der Waals surface area contributed by atoms with Gasteiger partial charge >= 0.3 is 0 Å². The Morgan fingerprint density at radius 2 is 1.68 bits per heavy atom. The average molecular weight is 460 g/mol. The number of carbonyl (C=O) groups excluding carboxylic acids is 2. The molecule has 1 aromatic heterocycles. The molecule has 0 atom stereocenters. The summed E-state index contributed by atoms with van der Waals surface area (Å²) in [6.45, 7) is 3.69. The number of hydrogen-bond donors (Lipinski definition) is 1. The van der Waals surface area contributed by atoms with Crippen LogP contribution >= 0.6 is 0 Å². The molecule has 9 heteroatoms. The summed E-state index contributed by atoms with van der Waals surface area (Å²) in [5, 5.41) is 13.9. The minimum Gasteiger partial charge on any atom is -0.451 e. The number of fused-ring (bicyclic) bond motifs is 4. The molecule has 174 valence electrons. The molecule has 2 aromatic carbocycles. The van der Waals surface area contributed by atoms with Crippen molar-refractivity contribution in [2.24, 2.45) is 0 Å². The van der Waals surface area contributed by atoms with Crippen LogP contribution in [0.4, 0.5) is 11.4 Å². The summed E-state index contributed by atoms with van der Waals surface area (Å²) in [4.78, 5) is 40.5. The molecule has 0 saturated carbocycles. The zero-order valence-corrected chi connectivity index (χ0v) is 18.5. The highest BCUT2D eigenvalue weighted by atomic mass is 16.6. The smallest absolute Gasteiger partial charge is 0.289 e. The summed E-state index contributed by atoms with van der Waals surface area (Å²) >= 11 is 0. The molecule has 2 bridgehead atoms. The third-order valence-corrected chi connectivity index (χ3v) is 6.51. The van der Waals surface area contributed by atoms with E-state index in [1.54, 1.807) is 42.5 Å². The van der Waals surface area contributed by atoms with E-state index < -0.39 is 10.8 Å². The van der Waals surface area contributed by atoms with E-state index in [-0.39, 0.29) is 23.2 Å². The Kier molecular flexibility index (Phi) is 5.85. The van der Waals surface area contributed by atoms with E-state index in [9.17, 15) is 19.7 Å². The molecular weight excluding hydrogens is 436 g/mol. The average Bonchev–Trinajstić information content (AvgIpc) is 3.16. The maximum atomic E-state index is 13.1. The Balaban J connectivity index is 1.28. The number of benzene rings is 2. The summed E-state index contributed by atoms with van der Waals surface area (Å²) in [5.41, 5.74) is 0.986. The summed E-state index contributed by atoms with van der Waals surface area (Å²) in [6, 6.07) is 16.5.